The number of carbonyl (C=O) groups is 2. The van der Waals surface area contributed by atoms with E-state index >= 15 is 0 Å². The second-order valence-corrected chi connectivity index (χ2v) is 17.9. The fourth-order valence-corrected chi connectivity index (χ4v) is 9.47. The molecule has 3 aliphatic heterocycles. The Morgan fingerprint density at radius 3 is 2.29 bits per heavy atom. The molecule has 3 saturated heterocycles. The van der Waals surface area contributed by atoms with Gasteiger partial charge in [0.25, 0.3) is 10.0 Å². The quantitative estimate of drug-likeness (QED) is 0.272. The average Bonchev–Trinajstić information content (AvgIpc) is 3.53. The second kappa shape index (κ2) is 17.0. The van der Waals surface area contributed by atoms with Crippen LogP contribution < -0.4 is 0 Å². The number of ether oxygens (including phenoxy) is 4. The van der Waals surface area contributed by atoms with Gasteiger partial charge in [0.2, 0.25) is 0 Å². The maximum atomic E-state index is 14.3. The first-order chi connectivity index (χ1) is 23.8. The Hall–Kier alpha value is -1.98. The van der Waals surface area contributed by atoms with Crippen molar-refractivity contribution in [3.05, 3.63) is 12.5 Å². The molecule has 0 amide bonds. The minimum atomic E-state index is -3.69. The molecule has 15 heteroatoms. The number of ketones is 1. The van der Waals surface area contributed by atoms with E-state index in [4.69, 9.17) is 18.9 Å². The number of sulfonamides is 1. The summed E-state index contributed by atoms with van der Waals surface area (Å²) in [5.74, 6) is -1.42. The molecule has 0 bridgehead atoms. The van der Waals surface area contributed by atoms with Crippen LogP contribution in [-0.2, 0) is 45.6 Å². The largest absolute Gasteiger partial charge is 0.463 e. The van der Waals surface area contributed by atoms with Crippen LogP contribution in [0.5, 0.6) is 0 Å². The highest BCUT2D eigenvalue weighted by molar-refractivity contribution is 7.89. The third-order valence-electron chi connectivity index (χ3n) is 11.3. The lowest BCUT2D eigenvalue weighted by molar-refractivity contribution is -0.263. The first-order valence-electron chi connectivity index (χ1n) is 18.5. The van der Waals surface area contributed by atoms with E-state index < -0.39 is 45.3 Å². The van der Waals surface area contributed by atoms with Gasteiger partial charge in [-0.1, -0.05) is 20.8 Å². The first kappa shape index (κ1) is 41.8. The van der Waals surface area contributed by atoms with E-state index in [1.807, 2.05) is 20.8 Å². The van der Waals surface area contributed by atoms with Crippen LogP contribution in [0.3, 0.4) is 0 Å². The number of aromatic nitrogens is 2. The van der Waals surface area contributed by atoms with Crippen LogP contribution in [-0.4, -0.2) is 159 Å². The van der Waals surface area contributed by atoms with Crippen LogP contribution in [0, 0.1) is 17.3 Å². The molecule has 0 N–H and O–H groups in total. The number of cyclic esters (lactones) is 1. The SMILES string of the molecule is CCN1C[C@H](C)C[C@@](C)(OC)[C@H](O[C@H]2C[C@@H](N(C)C)C[C@@H](C)O2)[C@@H](C)C(=O)C(C)(C)C(=O)OC[C@@H]1CN1CCN(S(=O)(=O)c2cn(C)cn2)CC1. The maximum absolute atomic E-state index is 14.3. The molecule has 0 aliphatic carbocycles. The lowest BCUT2D eigenvalue weighted by Crippen LogP contribution is -2.55. The Morgan fingerprint density at radius 1 is 1.06 bits per heavy atom. The van der Waals surface area contributed by atoms with Gasteiger partial charge >= 0.3 is 5.97 Å². The van der Waals surface area contributed by atoms with Crippen LogP contribution in [0.15, 0.2) is 17.6 Å². The summed E-state index contributed by atoms with van der Waals surface area (Å²) in [6, 6.07) is 0.0901. The molecule has 51 heavy (non-hydrogen) atoms. The number of nitrogens with zero attached hydrogens (tertiary/aromatic N) is 6. The van der Waals surface area contributed by atoms with Crippen molar-refractivity contribution in [3.8, 4) is 0 Å². The van der Waals surface area contributed by atoms with E-state index in [2.05, 4.69) is 47.6 Å². The molecule has 0 radical (unpaired) electrons. The molecule has 3 aliphatic rings. The number of likely N-dealkylation sites (N-methyl/N-ethyl adjacent to an activating group) is 1. The van der Waals surface area contributed by atoms with E-state index in [9.17, 15) is 18.0 Å². The number of esters is 1. The number of piperazine rings is 1. The summed E-state index contributed by atoms with van der Waals surface area (Å²) in [6.07, 6.45) is 3.92. The van der Waals surface area contributed by atoms with Crippen molar-refractivity contribution in [2.45, 2.75) is 109 Å². The Kier molecular flexibility index (Phi) is 13.9. The van der Waals surface area contributed by atoms with Crippen LogP contribution >= 0.6 is 0 Å². The second-order valence-electron chi connectivity index (χ2n) is 16.0. The summed E-state index contributed by atoms with van der Waals surface area (Å²) < 4.78 is 54.9. The van der Waals surface area contributed by atoms with Gasteiger partial charge in [0.15, 0.2) is 17.1 Å². The highest BCUT2D eigenvalue weighted by atomic mass is 32.2. The molecular formula is C36H64N6O8S. The maximum Gasteiger partial charge on any atom is 0.319 e. The Labute approximate surface area is 306 Å². The minimum Gasteiger partial charge on any atom is -0.463 e. The van der Waals surface area contributed by atoms with Gasteiger partial charge in [0.05, 0.1) is 30.2 Å². The molecule has 0 spiro atoms. The zero-order chi connectivity index (χ0) is 37.9. The zero-order valence-electron chi connectivity index (χ0n) is 32.8. The summed E-state index contributed by atoms with van der Waals surface area (Å²) in [6.45, 7) is 17.2. The third-order valence-corrected chi connectivity index (χ3v) is 13.0. The van der Waals surface area contributed by atoms with Gasteiger partial charge in [-0.05, 0) is 67.1 Å². The van der Waals surface area contributed by atoms with E-state index in [-0.39, 0.29) is 41.5 Å². The zero-order valence-corrected chi connectivity index (χ0v) is 33.6. The minimum absolute atomic E-state index is 0.0145. The first-order valence-corrected chi connectivity index (χ1v) is 19.9. The normalized spacial score (nSPS) is 34.5. The van der Waals surface area contributed by atoms with Crippen molar-refractivity contribution >= 4 is 21.8 Å². The smallest absolute Gasteiger partial charge is 0.319 e. The van der Waals surface area contributed by atoms with Gasteiger partial charge in [-0.2, -0.15) is 4.31 Å². The van der Waals surface area contributed by atoms with Crippen LogP contribution in [0.2, 0.25) is 0 Å². The number of hydrogen-bond acceptors (Lipinski definition) is 12. The molecule has 0 saturated carbocycles. The van der Waals surface area contributed by atoms with Gasteiger partial charge in [-0.3, -0.25) is 19.4 Å². The topological polar surface area (TPSA) is 136 Å². The number of Topliss-reactive ketones (excluding diaryl/α,β-unsaturated/α-hetero) is 1. The highest BCUT2D eigenvalue weighted by Crippen LogP contribution is 2.38. The molecule has 0 aromatic carbocycles. The van der Waals surface area contributed by atoms with Crippen molar-refractivity contribution in [2.75, 3.05) is 73.6 Å². The van der Waals surface area contributed by atoms with Gasteiger partial charge in [-0.15, -0.1) is 0 Å². The van der Waals surface area contributed by atoms with Crippen LogP contribution in [0.25, 0.3) is 0 Å². The fourth-order valence-electron chi connectivity index (χ4n) is 8.08. The van der Waals surface area contributed by atoms with Gasteiger partial charge < -0.3 is 28.4 Å². The Bertz CT molecular complexity index is 1430. The molecule has 3 fully saturated rings. The summed E-state index contributed by atoms with van der Waals surface area (Å²) in [5, 5.41) is 0.0486. The van der Waals surface area contributed by atoms with E-state index in [0.29, 0.717) is 58.7 Å². The van der Waals surface area contributed by atoms with Gasteiger partial charge in [0.1, 0.15) is 12.0 Å². The number of imidazole rings is 1. The summed E-state index contributed by atoms with van der Waals surface area (Å²) in [5.41, 5.74) is -2.31. The predicted molar refractivity (Wildman–Crippen MR) is 193 cm³/mol. The number of methoxy groups -OCH3 is 1. The van der Waals surface area contributed by atoms with Gasteiger partial charge in [-0.25, -0.2) is 13.4 Å². The van der Waals surface area contributed by atoms with Crippen molar-refractivity contribution in [1.82, 2.24) is 28.6 Å². The predicted octanol–water partition coefficient (Wildman–Crippen LogP) is 2.48. The van der Waals surface area contributed by atoms with Crippen LogP contribution in [0.4, 0.5) is 0 Å². The van der Waals surface area contributed by atoms with Crippen molar-refractivity contribution < 1.29 is 37.0 Å². The molecule has 4 heterocycles. The summed E-state index contributed by atoms with van der Waals surface area (Å²) >= 11 is 0. The third kappa shape index (κ3) is 9.77. The molecule has 0 unspecified atom stereocenters. The van der Waals surface area contributed by atoms with Crippen molar-refractivity contribution in [3.63, 3.8) is 0 Å². The number of carbonyl (C=O) groups excluding carboxylic acids is 2. The molecular weight excluding hydrogens is 676 g/mol. The van der Waals surface area contributed by atoms with Crippen molar-refractivity contribution in [2.24, 2.45) is 24.3 Å². The van der Waals surface area contributed by atoms with E-state index in [0.717, 1.165) is 6.42 Å². The molecule has 8 atom stereocenters. The van der Waals surface area contributed by atoms with Gasteiger partial charge in [0, 0.05) is 78.0 Å². The standard InChI is InChI=1S/C36H64N6O8S/c1-12-41-20-25(2)19-36(7,47-11)33(50-31-18-28(38(8)9)17-26(3)49-31)27(4)32(43)35(5,6)34(44)48-23-29(41)21-40-13-15-42(16-14-40)51(45,46)30-22-39(10)24-37-30/h22,24-29,31,33H,12-21,23H2,1-11H3/t25-,26-,27+,28+,29+,31+,33-,36-/m1/s1. The van der Waals surface area contributed by atoms with Crippen LogP contribution in [0.1, 0.15) is 67.7 Å². The number of aryl methyl sites for hydroxylation is 1. The Morgan fingerprint density at radius 2 is 1.73 bits per heavy atom. The monoisotopic (exact) mass is 740 g/mol. The molecule has 1 aromatic rings. The Balaban J connectivity index is 1.56. The molecule has 1 aromatic heterocycles. The lowest BCUT2D eigenvalue weighted by atomic mass is 9.74. The lowest BCUT2D eigenvalue weighted by Gasteiger charge is -2.45. The fraction of sp³-hybridized carbons (Fsp3) is 0.861. The number of rotatable bonds is 9. The number of hydrogen-bond donors (Lipinski definition) is 0. The summed E-state index contributed by atoms with van der Waals surface area (Å²) in [4.78, 5) is 38.9. The molecule has 292 valence electrons. The van der Waals surface area contributed by atoms with E-state index in [1.165, 1.54) is 16.8 Å². The van der Waals surface area contributed by atoms with Crippen molar-refractivity contribution in [1.29, 1.82) is 0 Å². The highest BCUT2D eigenvalue weighted by Gasteiger charge is 2.50. The van der Waals surface area contributed by atoms with E-state index in [1.54, 1.807) is 32.6 Å². The summed E-state index contributed by atoms with van der Waals surface area (Å²) in [7, 11) is 3.84. The average molecular weight is 741 g/mol. The molecule has 14 nitrogen and oxygen atoms in total. The molecule has 4 rings (SSSR count).